The number of carbonyl (C=O) groups excluding carboxylic acids is 3. The zero-order valence-electron chi connectivity index (χ0n) is 35.8. The summed E-state index contributed by atoms with van der Waals surface area (Å²) in [5.41, 5.74) is 0. The Balaban J connectivity index is -0.000000351. The number of carboxylic acid groups (broad SMARTS) is 3. The number of hydrogen-bond donors (Lipinski definition) is 3. The van der Waals surface area contributed by atoms with Crippen molar-refractivity contribution < 1.29 is 64.5 Å². The standard InChI is InChI=1S/3C15H30O3.Rh/c3*1-2-3-4-5-6-7-8-9-10-11-12-14(16)13-15(17)18;/h3*14,16H,2-13H2,1H3,(H,17,18);/q;;;+3/p-3. The van der Waals surface area contributed by atoms with Crippen LogP contribution in [0.2, 0.25) is 0 Å². The Morgan fingerprint density at radius 3 is 0.618 bits per heavy atom. The van der Waals surface area contributed by atoms with Gasteiger partial charge in [0.25, 0.3) is 0 Å². The third-order valence-electron chi connectivity index (χ3n) is 9.88. The van der Waals surface area contributed by atoms with Gasteiger partial charge in [0, 0.05) is 37.2 Å². The third-order valence-corrected chi connectivity index (χ3v) is 9.88. The van der Waals surface area contributed by atoms with Crippen molar-refractivity contribution in [3.05, 3.63) is 0 Å². The van der Waals surface area contributed by atoms with Gasteiger partial charge in [-0.05, 0) is 19.3 Å². The van der Waals surface area contributed by atoms with Gasteiger partial charge in [-0.15, -0.1) is 0 Å². The van der Waals surface area contributed by atoms with Crippen molar-refractivity contribution in [2.75, 3.05) is 0 Å². The Hall–Kier alpha value is -1.09. The van der Waals surface area contributed by atoms with Crippen LogP contribution in [-0.2, 0) is 33.9 Å². The summed E-state index contributed by atoms with van der Waals surface area (Å²) in [6, 6.07) is 0. The predicted octanol–water partition coefficient (Wildman–Crippen LogP) is 8.39. The Morgan fingerprint density at radius 1 is 0.327 bits per heavy atom. The predicted molar refractivity (Wildman–Crippen MR) is 216 cm³/mol. The van der Waals surface area contributed by atoms with E-state index in [0.717, 1.165) is 38.5 Å². The molecule has 0 aliphatic carbocycles. The summed E-state index contributed by atoms with van der Waals surface area (Å²) in [6.45, 7) is 6.69. The first-order valence-corrected chi connectivity index (χ1v) is 22.6. The molecule has 0 aromatic heterocycles. The first-order valence-electron chi connectivity index (χ1n) is 22.6. The van der Waals surface area contributed by atoms with Gasteiger partial charge in [0.05, 0.1) is 18.3 Å². The minimum atomic E-state index is -1.16. The molecular weight excluding hydrogens is 787 g/mol. The van der Waals surface area contributed by atoms with Crippen LogP contribution >= 0.6 is 0 Å². The maximum atomic E-state index is 10.2. The second-order valence-corrected chi connectivity index (χ2v) is 15.6. The fourth-order valence-electron chi connectivity index (χ4n) is 6.49. The van der Waals surface area contributed by atoms with Crippen molar-refractivity contribution >= 4 is 17.9 Å². The largest absolute Gasteiger partial charge is 3.00 e. The summed E-state index contributed by atoms with van der Waals surface area (Å²) in [5, 5.41) is 58.6. The van der Waals surface area contributed by atoms with E-state index in [4.69, 9.17) is 0 Å². The van der Waals surface area contributed by atoms with Gasteiger partial charge in [-0.25, -0.2) is 0 Å². The first kappa shape index (κ1) is 60.6. The molecular formula is C45H87O9Rh. The number of aliphatic hydroxyl groups excluding tert-OH is 3. The monoisotopic (exact) mass is 875 g/mol. The summed E-state index contributed by atoms with van der Waals surface area (Å²) >= 11 is 0. The molecule has 0 spiro atoms. The summed E-state index contributed by atoms with van der Waals surface area (Å²) in [6.07, 6.45) is 36.5. The molecule has 3 unspecified atom stereocenters. The summed E-state index contributed by atoms with van der Waals surface area (Å²) in [7, 11) is 0. The average Bonchev–Trinajstić information content (AvgIpc) is 3.10. The van der Waals surface area contributed by atoms with E-state index in [-0.39, 0.29) is 38.7 Å². The molecule has 3 N–H and O–H groups in total. The number of aliphatic hydroxyl groups is 3. The van der Waals surface area contributed by atoms with Gasteiger partial charge in [0.15, 0.2) is 0 Å². The van der Waals surface area contributed by atoms with Crippen LogP contribution in [0.4, 0.5) is 0 Å². The molecule has 10 heteroatoms. The number of aliphatic carboxylic acids is 3. The molecule has 0 aliphatic heterocycles. The average molecular weight is 875 g/mol. The smallest absolute Gasteiger partial charge is 0.550 e. The van der Waals surface area contributed by atoms with E-state index in [1.54, 1.807) is 0 Å². The van der Waals surface area contributed by atoms with Crippen LogP contribution < -0.4 is 15.3 Å². The maximum Gasteiger partial charge on any atom is 3.00 e. The minimum Gasteiger partial charge on any atom is -0.550 e. The first-order chi connectivity index (χ1) is 26.0. The van der Waals surface area contributed by atoms with E-state index in [0.29, 0.717) is 19.3 Å². The van der Waals surface area contributed by atoms with Crippen LogP contribution in [0.5, 0.6) is 0 Å². The van der Waals surface area contributed by atoms with Gasteiger partial charge in [0.2, 0.25) is 0 Å². The molecule has 0 amide bonds. The van der Waals surface area contributed by atoms with E-state index >= 15 is 0 Å². The zero-order valence-corrected chi connectivity index (χ0v) is 37.5. The summed E-state index contributed by atoms with van der Waals surface area (Å²) < 4.78 is 0. The Morgan fingerprint density at radius 2 is 0.473 bits per heavy atom. The second-order valence-electron chi connectivity index (χ2n) is 15.6. The number of carboxylic acids is 3. The molecule has 0 aliphatic rings. The maximum absolute atomic E-state index is 10.2. The van der Waals surface area contributed by atoms with Crippen molar-refractivity contribution in [3.8, 4) is 0 Å². The second kappa shape index (κ2) is 50.9. The molecule has 0 aromatic rings. The fraction of sp³-hybridized carbons (Fsp3) is 0.933. The molecule has 0 bridgehead atoms. The Bertz CT molecular complexity index is 684. The molecule has 0 rings (SSSR count). The van der Waals surface area contributed by atoms with Crippen LogP contribution in [0.15, 0.2) is 0 Å². The van der Waals surface area contributed by atoms with E-state index in [1.165, 1.54) is 154 Å². The minimum absolute atomic E-state index is 0. The molecule has 0 heterocycles. The van der Waals surface area contributed by atoms with Crippen LogP contribution in [0.1, 0.15) is 252 Å². The number of unbranched alkanes of at least 4 members (excludes halogenated alkanes) is 27. The van der Waals surface area contributed by atoms with Crippen molar-refractivity contribution in [1.82, 2.24) is 0 Å². The summed E-state index contributed by atoms with van der Waals surface area (Å²) in [5.74, 6) is -3.47. The fourth-order valence-corrected chi connectivity index (χ4v) is 6.49. The number of carbonyl (C=O) groups is 3. The van der Waals surface area contributed by atoms with Crippen LogP contribution in [0, 0.1) is 0 Å². The molecule has 9 nitrogen and oxygen atoms in total. The Labute approximate surface area is 351 Å². The van der Waals surface area contributed by atoms with Gasteiger partial charge < -0.3 is 45.0 Å². The van der Waals surface area contributed by atoms with Crippen LogP contribution in [-0.4, -0.2) is 51.5 Å². The quantitative estimate of drug-likeness (QED) is 0.0404. The molecule has 0 radical (unpaired) electrons. The van der Waals surface area contributed by atoms with Crippen LogP contribution in [0.3, 0.4) is 0 Å². The third kappa shape index (κ3) is 62.3. The molecule has 0 fully saturated rings. The molecule has 0 aromatic carbocycles. The van der Waals surface area contributed by atoms with E-state index in [2.05, 4.69) is 20.8 Å². The topological polar surface area (TPSA) is 181 Å². The van der Waals surface area contributed by atoms with Gasteiger partial charge in [-0.2, -0.15) is 0 Å². The van der Waals surface area contributed by atoms with Crippen molar-refractivity contribution in [3.63, 3.8) is 0 Å². The van der Waals surface area contributed by atoms with Gasteiger partial charge in [0.1, 0.15) is 0 Å². The van der Waals surface area contributed by atoms with Crippen molar-refractivity contribution in [1.29, 1.82) is 0 Å². The number of hydrogen-bond acceptors (Lipinski definition) is 9. The molecule has 55 heavy (non-hydrogen) atoms. The van der Waals surface area contributed by atoms with Gasteiger partial charge in [-0.3, -0.25) is 0 Å². The van der Waals surface area contributed by atoms with E-state index in [9.17, 15) is 45.0 Å². The Kier molecular flexibility index (Phi) is 56.1. The van der Waals surface area contributed by atoms with Gasteiger partial charge in [-0.1, -0.05) is 213 Å². The molecule has 3 atom stereocenters. The van der Waals surface area contributed by atoms with Crippen molar-refractivity contribution in [2.24, 2.45) is 0 Å². The van der Waals surface area contributed by atoms with Crippen molar-refractivity contribution in [2.45, 2.75) is 270 Å². The van der Waals surface area contributed by atoms with Crippen LogP contribution in [0.25, 0.3) is 0 Å². The van der Waals surface area contributed by atoms with E-state index in [1.807, 2.05) is 0 Å². The normalized spacial score (nSPS) is 12.3. The SMILES string of the molecule is CCCCCCCCCCCCC(O)CC(=O)[O-].CCCCCCCCCCCCC(O)CC(=O)[O-].CCCCCCCCCCCCC(O)CC(=O)[O-].[Rh+3]. The van der Waals surface area contributed by atoms with Gasteiger partial charge >= 0.3 is 19.5 Å². The van der Waals surface area contributed by atoms with E-state index < -0.39 is 36.2 Å². The zero-order chi connectivity index (χ0) is 40.9. The molecule has 0 saturated carbocycles. The molecule has 330 valence electrons. The summed E-state index contributed by atoms with van der Waals surface area (Å²) in [4.78, 5) is 30.7. The molecule has 0 saturated heterocycles. The number of rotatable bonds is 39.